The van der Waals surface area contributed by atoms with Crippen LogP contribution in [-0.4, -0.2) is 51.2 Å². The van der Waals surface area contributed by atoms with Gasteiger partial charge in [-0.2, -0.15) is 0 Å². The van der Waals surface area contributed by atoms with Crippen LogP contribution in [0.2, 0.25) is 0 Å². The average molecular weight is 229 g/mol. The highest BCUT2D eigenvalue weighted by molar-refractivity contribution is 8.11. The third kappa shape index (κ3) is 8.51. The molecule has 0 aliphatic carbocycles. The van der Waals surface area contributed by atoms with Gasteiger partial charge in [0.15, 0.2) is 0 Å². The zero-order valence-electron chi connectivity index (χ0n) is 7.52. The molecule has 0 heterocycles. The van der Waals surface area contributed by atoms with E-state index in [0.717, 1.165) is 0 Å². The molecule has 2 N–H and O–H groups in total. The number of sulfonamides is 1. The molecule has 5 nitrogen and oxygen atoms in total. The predicted molar refractivity (Wildman–Crippen MR) is 53.2 cm³/mol. The summed E-state index contributed by atoms with van der Waals surface area (Å²) >= 11 is 1.25. The van der Waals surface area contributed by atoms with Crippen molar-refractivity contribution in [3.63, 3.8) is 0 Å². The standard InChI is InChI=1S/C6H15NO4S2/c1-12-6-13(9,10)7-2-4-11-5-3-8/h7-8H,2-6H2,1H3. The van der Waals surface area contributed by atoms with Gasteiger partial charge in [0.2, 0.25) is 10.0 Å². The van der Waals surface area contributed by atoms with E-state index in [9.17, 15) is 8.42 Å². The summed E-state index contributed by atoms with van der Waals surface area (Å²) in [6.45, 7) is 0.735. The van der Waals surface area contributed by atoms with Crippen molar-refractivity contribution < 1.29 is 18.3 Å². The van der Waals surface area contributed by atoms with E-state index in [0.29, 0.717) is 0 Å². The van der Waals surface area contributed by atoms with Crippen LogP contribution >= 0.6 is 11.8 Å². The molecule has 0 bridgehead atoms. The number of rotatable bonds is 8. The summed E-state index contributed by atoms with van der Waals surface area (Å²) in [5.74, 6) is 0. The Hall–Kier alpha value is 0.180. The maximum Gasteiger partial charge on any atom is 0.221 e. The molecule has 0 saturated carbocycles. The van der Waals surface area contributed by atoms with Gasteiger partial charge in [0.25, 0.3) is 0 Å². The van der Waals surface area contributed by atoms with Gasteiger partial charge in [-0.15, -0.1) is 11.8 Å². The lowest BCUT2D eigenvalue weighted by Crippen LogP contribution is -2.28. The number of hydrogen-bond acceptors (Lipinski definition) is 5. The lowest BCUT2D eigenvalue weighted by molar-refractivity contribution is 0.0961. The van der Waals surface area contributed by atoms with Crippen molar-refractivity contribution in [2.45, 2.75) is 0 Å². The van der Waals surface area contributed by atoms with E-state index in [1.807, 2.05) is 0 Å². The van der Waals surface area contributed by atoms with Crippen molar-refractivity contribution in [3.8, 4) is 0 Å². The van der Waals surface area contributed by atoms with Crippen LogP contribution < -0.4 is 4.72 Å². The molecule has 0 aromatic rings. The van der Waals surface area contributed by atoms with Crippen LogP contribution in [0.1, 0.15) is 0 Å². The van der Waals surface area contributed by atoms with Gasteiger partial charge in [-0.25, -0.2) is 13.1 Å². The van der Waals surface area contributed by atoms with E-state index in [1.165, 1.54) is 11.8 Å². The van der Waals surface area contributed by atoms with E-state index >= 15 is 0 Å². The molecule has 0 saturated heterocycles. The number of hydrogen-bond donors (Lipinski definition) is 2. The molecule has 13 heavy (non-hydrogen) atoms. The fourth-order valence-electron chi connectivity index (χ4n) is 0.633. The third-order valence-electron chi connectivity index (χ3n) is 1.08. The molecule has 0 fully saturated rings. The highest BCUT2D eigenvalue weighted by Crippen LogP contribution is 1.96. The van der Waals surface area contributed by atoms with Gasteiger partial charge in [-0.05, 0) is 6.26 Å². The van der Waals surface area contributed by atoms with E-state index in [4.69, 9.17) is 9.84 Å². The molecule has 0 spiro atoms. The largest absolute Gasteiger partial charge is 0.394 e. The van der Waals surface area contributed by atoms with Gasteiger partial charge in [-0.3, -0.25) is 0 Å². The van der Waals surface area contributed by atoms with Crippen LogP contribution in [0.3, 0.4) is 0 Å². The molecule has 0 rings (SSSR count). The van der Waals surface area contributed by atoms with Gasteiger partial charge >= 0.3 is 0 Å². The fraction of sp³-hybridized carbons (Fsp3) is 1.00. The monoisotopic (exact) mass is 229 g/mol. The maximum atomic E-state index is 11.0. The van der Waals surface area contributed by atoms with Gasteiger partial charge < -0.3 is 9.84 Å². The Morgan fingerprint density at radius 1 is 1.46 bits per heavy atom. The number of ether oxygens (including phenoxy) is 1. The Bertz CT molecular complexity index is 205. The number of thioether (sulfide) groups is 1. The number of aliphatic hydroxyl groups is 1. The van der Waals surface area contributed by atoms with E-state index < -0.39 is 10.0 Å². The van der Waals surface area contributed by atoms with Gasteiger partial charge in [0.05, 0.1) is 19.8 Å². The summed E-state index contributed by atoms with van der Waals surface area (Å²) in [6, 6.07) is 0. The molecule has 0 unspecified atom stereocenters. The highest BCUT2D eigenvalue weighted by Gasteiger charge is 2.06. The normalized spacial score (nSPS) is 11.8. The molecule has 0 aliphatic rings. The van der Waals surface area contributed by atoms with Gasteiger partial charge in [-0.1, -0.05) is 0 Å². The molecule has 0 aromatic heterocycles. The molecular weight excluding hydrogens is 214 g/mol. The Morgan fingerprint density at radius 3 is 2.69 bits per heavy atom. The first-order valence-electron chi connectivity index (χ1n) is 3.77. The lowest BCUT2D eigenvalue weighted by atomic mass is 10.7. The fourth-order valence-corrected chi connectivity index (χ4v) is 2.60. The first-order chi connectivity index (χ1) is 6.12. The highest BCUT2D eigenvalue weighted by atomic mass is 32.3. The third-order valence-corrected chi connectivity index (χ3v) is 3.90. The molecule has 80 valence electrons. The maximum absolute atomic E-state index is 11.0. The molecule has 0 aromatic carbocycles. The Kier molecular flexibility index (Phi) is 7.68. The zero-order chi connectivity index (χ0) is 10.2. The second-order valence-electron chi connectivity index (χ2n) is 2.25. The average Bonchev–Trinajstić information content (AvgIpc) is 2.04. The van der Waals surface area contributed by atoms with Crippen molar-refractivity contribution in [2.24, 2.45) is 0 Å². The van der Waals surface area contributed by atoms with E-state index in [2.05, 4.69) is 4.72 Å². The van der Waals surface area contributed by atoms with Crippen molar-refractivity contribution in [1.82, 2.24) is 4.72 Å². The van der Waals surface area contributed by atoms with Crippen LogP contribution in [0.4, 0.5) is 0 Å². The van der Waals surface area contributed by atoms with Crippen molar-refractivity contribution in [2.75, 3.05) is 37.7 Å². The van der Waals surface area contributed by atoms with Gasteiger partial charge in [0.1, 0.15) is 5.08 Å². The minimum absolute atomic E-state index is 0.0441. The summed E-state index contributed by atoms with van der Waals surface area (Å²) in [7, 11) is -3.15. The molecule has 0 aliphatic heterocycles. The van der Waals surface area contributed by atoms with Crippen LogP contribution in [0, 0.1) is 0 Å². The topological polar surface area (TPSA) is 75.6 Å². The van der Waals surface area contributed by atoms with Crippen LogP contribution in [-0.2, 0) is 14.8 Å². The minimum atomic E-state index is -3.15. The Morgan fingerprint density at radius 2 is 2.15 bits per heavy atom. The zero-order valence-corrected chi connectivity index (χ0v) is 9.16. The quantitative estimate of drug-likeness (QED) is 0.535. The van der Waals surface area contributed by atoms with Crippen molar-refractivity contribution >= 4 is 21.8 Å². The van der Waals surface area contributed by atoms with Crippen molar-refractivity contribution in [3.05, 3.63) is 0 Å². The molecule has 7 heteroatoms. The van der Waals surface area contributed by atoms with Crippen LogP contribution in [0.25, 0.3) is 0 Å². The second kappa shape index (κ2) is 7.57. The summed E-state index contributed by atoms with van der Waals surface area (Å²) in [5, 5.41) is 8.41. The second-order valence-corrected chi connectivity index (χ2v) is 5.29. The van der Waals surface area contributed by atoms with Crippen molar-refractivity contribution in [1.29, 1.82) is 0 Å². The Balaban J connectivity index is 3.41. The minimum Gasteiger partial charge on any atom is -0.394 e. The Labute approximate surface area is 82.9 Å². The first kappa shape index (κ1) is 13.2. The summed E-state index contributed by atoms with van der Waals surface area (Å²) in [5.41, 5.74) is 0. The lowest BCUT2D eigenvalue weighted by Gasteiger charge is -2.05. The smallest absolute Gasteiger partial charge is 0.221 e. The predicted octanol–water partition coefficient (Wildman–Crippen LogP) is -0.765. The van der Waals surface area contributed by atoms with Gasteiger partial charge in [0, 0.05) is 6.54 Å². The summed E-state index contributed by atoms with van der Waals surface area (Å²) < 4.78 is 29.3. The van der Waals surface area contributed by atoms with Crippen LogP contribution in [0.15, 0.2) is 0 Å². The molecule has 0 radical (unpaired) electrons. The summed E-state index contributed by atoms with van der Waals surface area (Å²) in [4.78, 5) is 0. The first-order valence-corrected chi connectivity index (χ1v) is 6.82. The summed E-state index contributed by atoms with van der Waals surface area (Å²) in [6.07, 6.45) is 1.72. The van der Waals surface area contributed by atoms with E-state index in [1.54, 1.807) is 6.26 Å². The molecule has 0 amide bonds. The van der Waals surface area contributed by atoms with E-state index in [-0.39, 0.29) is 31.5 Å². The SMILES string of the molecule is CSCS(=O)(=O)NCCOCCO. The molecule has 0 atom stereocenters. The number of aliphatic hydroxyl groups excluding tert-OH is 1. The molecular formula is C6H15NO4S2. The number of nitrogens with one attached hydrogen (secondary N) is 1. The van der Waals surface area contributed by atoms with Crippen LogP contribution in [0.5, 0.6) is 0 Å².